The monoisotopic (exact) mass is 576 g/mol. The Labute approximate surface area is 247 Å². The standard InChI is InChI=1S/C33H40N2O7/c1-38-17-6-15-34-16-18-40-30-14-9-25(19-28(30)34)23-41-31-21-35(33(37)42-22-24-7-4-3-5-8-24)20-29(36)32(31)26-10-12-27(39-2)13-11-26/h3-5,7-14,19,29,31-32,36H,6,15-18,20-23H2,1-2H3/t29-,31+,32+/m1/s1. The van der Waals surface area contributed by atoms with Gasteiger partial charge in [0.1, 0.15) is 24.7 Å². The van der Waals surface area contributed by atoms with Crippen LogP contribution in [0.2, 0.25) is 0 Å². The second-order valence-corrected chi connectivity index (χ2v) is 10.6. The van der Waals surface area contributed by atoms with E-state index in [-0.39, 0.29) is 19.1 Å². The van der Waals surface area contributed by atoms with Crippen molar-refractivity contribution in [1.29, 1.82) is 0 Å². The van der Waals surface area contributed by atoms with Crippen LogP contribution >= 0.6 is 0 Å². The van der Waals surface area contributed by atoms with Crippen LogP contribution in [0.5, 0.6) is 11.5 Å². The van der Waals surface area contributed by atoms with E-state index in [2.05, 4.69) is 11.0 Å². The maximum Gasteiger partial charge on any atom is 0.410 e. The van der Waals surface area contributed by atoms with E-state index in [0.717, 1.165) is 53.4 Å². The molecular weight excluding hydrogens is 536 g/mol. The highest BCUT2D eigenvalue weighted by Gasteiger charge is 2.40. The summed E-state index contributed by atoms with van der Waals surface area (Å²) in [6, 6.07) is 23.3. The number of β-amino-alcohol motifs (C(OH)–C–C–N with tert-alkyl or cyclic N) is 1. The number of nitrogens with zero attached hydrogens (tertiary/aromatic N) is 2. The number of aliphatic hydroxyl groups excluding tert-OH is 1. The first kappa shape index (κ1) is 29.7. The molecule has 0 aliphatic carbocycles. The molecule has 1 amide bonds. The Balaban J connectivity index is 1.31. The normalized spacial score (nSPS) is 20.0. The van der Waals surface area contributed by atoms with Crippen molar-refractivity contribution in [3.8, 4) is 11.5 Å². The average Bonchev–Trinajstić information content (AvgIpc) is 3.03. The van der Waals surface area contributed by atoms with E-state index in [1.165, 1.54) is 4.90 Å². The topological polar surface area (TPSA) is 89.9 Å². The van der Waals surface area contributed by atoms with Crippen LogP contribution in [0.3, 0.4) is 0 Å². The molecule has 9 heteroatoms. The van der Waals surface area contributed by atoms with Crippen LogP contribution in [0.15, 0.2) is 72.8 Å². The Hall–Kier alpha value is -3.79. The molecule has 1 saturated heterocycles. The number of anilines is 1. The van der Waals surface area contributed by atoms with Crippen LogP contribution in [0.25, 0.3) is 0 Å². The molecule has 0 saturated carbocycles. The van der Waals surface area contributed by atoms with Gasteiger partial charge in [0.25, 0.3) is 0 Å². The fourth-order valence-electron chi connectivity index (χ4n) is 5.61. The number of methoxy groups -OCH3 is 2. The Kier molecular flexibility index (Phi) is 10.2. The molecular formula is C33H40N2O7. The molecule has 0 spiro atoms. The number of carbonyl (C=O) groups excluding carboxylic acids is 1. The summed E-state index contributed by atoms with van der Waals surface area (Å²) >= 11 is 0. The third kappa shape index (κ3) is 7.34. The number of likely N-dealkylation sites (tertiary alicyclic amines) is 1. The lowest BCUT2D eigenvalue weighted by atomic mass is 9.84. The van der Waals surface area contributed by atoms with Crippen molar-refractivity contribution in [1.82, 2.24) is 4.90 Å². The SMILES string of the molecule is COCCCN1CCOc2ccc(CO[C@H]3CN(C(=O)OCc4ccccc4)C[C@@H](O)[C@@H]3c3ccc(OC)cc3)cc21. The van der Waals surface area contributed by atoms with E-state index < -0.39 is 18.3 Å². The minimum atomic E-state index is -0.838. The van der Waals surface area contributed by atoms with Gasteiger partial charge in [-0.2, -0.15) is 0 Å². The lowest BCUT2D eigenvalue weighted by Crippen LogP contribution is -2.53. The summed E-state index contributed by atoms with van der Waals surface area (Å²) in [5.74, 6) is 1.26. The Morgan fingerprint density at radius 1 is 0.976 bits per heavy atom. The van der Waals surface area contributed by atoms with Gasteiger partial charge >= 0.3 is 6.09 Å². The smallest absolute Gasteiger partial charge is 0.410 e. The average molecular weight is 577 g/mol. The molecule has 5 rings (SSSR count). The van der Waals surface area contributed by atoms with Crippen molar-refractivity contribution in [3.63, 3.8) is 0 Å². The number of benzene rings is 3. The first-order valence-electron chi connectivity index (χ1n) is 14.4. The molecule has 9 nitrogen and oxygen atoms in total. The van der Waals surface area contributed by atoms with Gasteiger partial charge in [-0.25, -0.2) is 4.79 Å². The number of ether oxygens (including phenoxy) is 5. The molecule has 3 atom stereocenters. The molecule has 0 bridgehead atoms. The number of carbonyl (C=O) groups is 1. The molecule has 2 heterocycles. The molecule has 0 aromatic heterocycles. The molecule has 1 fully saturated rings. The number of hydrogen-bond donors (Lipinski definition) is 1. The van der Waals surface area contributed by atoms with Crippen LogP contribution in [-0.2, 0) is 27.4 Å². The van der Waals surface area contributed by atoms with Gasteiger partial charge < -0.3 is 38.6 Å². The molecule has 3 aromatic carbocycles. The third-order valence-corrected chi connectivity index (χ3v) is 7.81. The molecule has 3 aromatic rings. The van der Waals surface area contributed by atoms with Crippen molar-refractivity contribution < 1.29 is 33.6 Å². The summed E-state index contributed by atoms with van der Waals surface area (Å²) < 4.78 is 28.6. The summed E-state index contributed by atoms with van der Waals surface area (Å²) in [5.41, 5.74) is 3.86. The van der Waals surface area contributed by atoms with E-state index in [0.29, 0.717) is 26.4 Å². The zero-order valence-electron chi connectivity index (χ0n) is 24.3. The third-order valence-electron chi connectivity index (χ3n) is 7.81. The van der Waals surface area contributed by atoms with Gasteiger partial charge in [-0.1, -0.05) is 48.5 Å². The summed E-state index contributed by atoms with van der Waals surface area (Å²) in [4.78, 5) is 16.9. The van der Waals surface area contributed by atoms with Crippen LogP contribution in [0.4, 0.5) is 10.5 Å². The van der Waals surface area contributed by atoms with Crippen molar-refractivity contribution in [2.45, 2.75) is 37.8 Å². The predicted molar refractivity (Wildman–Crippen MR) is 159 cm³/mol. The fourth-order valence-corrected chi connectivity index (χ4v) is 5.61. The molecule has 224 valence electrons. The minimum absolute atomic E-state index is 0.150. The number of piperidine rings is 1. The number of amides is 1. The molecule has 2 aliphatic rings. The van der Waals surface area contributed by atoms with E-state index in [9.17, 15) is 9.90 Å². The first-order chi connectivity index (χ1) is 20.6. The highest BCUT2D eigenvalue weighted by Crippen LogP contribution is 2.35. The second kappa shape index (κ2) is 14.4. The van der Waals surface area contributed by atoms with Crippen LogP contribution in [0.1, 0.15) is 29.0 Å². The zero-order chi connectivity index (χ0) is 29.3. The fraction of sp³-hybridized carbons (Fsp3) is 0.424. The summed E-state index contributed by atoms with van der Waals surface area (Å²) in [7, 11) is 3.34. The van der Waals surface area contributed by atoms with Gasteiger partial charge in [0.05, 0.1) is 51.2 Å². The first-order valence-corrected chi connectivity index (χ1v) is 14.4. The maximum atomic E-state index is 13.1. The van der Waals surface area contributed by atoms with Gasteiger partial charge in [0.15, 0.2) is 0 Å². The lowest BCUT2D eigenvalue weighted by molar-refractivity contribution is -0.0692. The van der Waals surface area contributed by atoms with Crippen LogP contribution in [-0.4, -0.2) is 81.9 Å². The molecule has 1 N–H and O–H groups in total. The van der Waals surface area contributed by atoms with Crippen LogP contribution < -0.4 is 14.4 Å². The molecule has 42 heavy (non-hydrogen) atoms. The van der Waals surface area contributed by atoms with Crippen LogP contribution in [0, 0.1) is 0 Å². The van der Waals surface area contributed by atoms with Gasteiger partial charge in [0.2, 0.25) is 0 Å². The number of rotatable bonds is 11. The van der Waals surface area contributed by atoms with E-state index in [4.69, 9.17) is 23.7 Å². The van der Waals surface area contributed by atoms with Crippen molar-refractivity contribution in [2.75, 3.05) is 58.5 Å². The van der Waals surface area contributed by atoms with Gasteiger partial charge in [-0.3, -0.25) is 0 Å². The highest BCUT2D eigenvalue weighted by atomic mass is 16.6. The van der Waals surface area contributed by atoms with E-state index >= 15 is 0 Å². The summed E-state index contributed by atoms with van der Waals surface area (Å²) in [5, 5.41) is 11.3. The largest absolute Gasteiger partial charge is 0.497 e. The second-order valence-electron chi connectivity index (χ2n) is 10.6. The molecule has 0 unspecified atom stereocenters. The summed E-state index contributed by atoms with van der Waals surface area (Å²) in [6.45, 7) is 3.97. The Morgan fingerprint density at radius 3 is 2.55 bits per heavy atom. The number of aliphatic hydroxyl groups is 1. The van der Waals surface area contributed by atoms with Crippen molar-refractivity contribution >= 4 is 11.8 Å². The van der Waals surface area contributed by atoms with E-state index in [1.807, 2.05) is 66.7 Å². The summed E-state index contributed by atoms with van der Waals surface area (Å²) in [6.07, 6.45) is -0.848. The van der Waals surface area contributed by atoms with Gasteiger partial charge in [-0.15, -0.1) is 0 Å². The minimum Gasteiger partial charge on any atom is -0.497 e. The van der Waals surface area contributed by atoms with Gasteiger partial charge in [0, 0.05) is 26.2 Å². The van der Waals surface area contributed by atoms with Crippen molar-refractivity contribution in [2.24, 2.45) is 0 Å². The number of hydrogen-bond acceptors (Lipinski definition) is 8. The quantitative estimate of drug-likeness (QED) is 0.331. The maximum absolute atomic E-state index is 13.1. The van der Waals surface area contributed by atoms with Crippen molar-refractivity contribution in [3.05, 3.63) is 89.5 Å². The highest BCUT2D eigenvalue weighted by molar-refractivity contribution is 5.68. The molecule has 2 aliphatic heterocycles. The predicted octanol–water partition coefficient (Wildman–Crippen LogP) is 4.61. The Bertz CT molecular complexity index is 1290. The lowest BCUT2D eigenvalue weighted by Gasteiger charge is -2.41. The zero-order valence-corrected chi connectivity index (χ0v) is 24.3. The Morgan fingerprint density at radius 2 is 1.79 bits per heavy atom. The van der Waals surface area contributed by atoms with E-state index in [1.54, 1.807) is 14.2 Å². The number of fused-ring (bicyclic) bond motifs is 1. The molecule has 0 radical (unpaired) electrons. The van der Waals surface area contributed by atoms with Gasteiger partial charge in [-0.05, 0) is 47.4 Å².